The Balaban J connectivity index is 1.50. The molecule has 0 aromatic heterocycles. The van der Waals surface area contributed by atoms with Crippen molar-refractivity contribution in [3.05, 3.63) is 112 Å². The van der Waals surface area contributed by atoms with E-state index < -0.39 is 52.7 Å². The molecule has 0 unspecified atom stereocenters. The van der Waals surface area contributed by atoms with E-state index >= 15 is 0 Å². The maximum absolute atomic E-state index is 14.0. The van der Waals surface area contributed by atoms with Gasteiger partial charge in [-0.25, -0.2) is 27.2 Å². The molecule has 39 heavy (non-hydrogen) atoms. The number of hydrogen-bond donors (Lipinski definition) is 0. The maximum atomic E-state index is 14.0. The van der Waals surface area contributed by atoms with Crippen molar-refractivity contribution >= 4 is 90.6 Å². The summed E-state index contributed by atoms with van der Waals surface area (Å²) in [7, 11) is -1.13. The first-order valence-electron chi connectivity index (χ1n) is 10.8. The molecule has 0 spiro atoms. The van der Waals surface area contributed by atoms with Crippen LogP contribution < -0.4 is 4.74 Å². The number of hydrogen-bond acceptors (Lipinski definition) is 4. The lowest BCUT2D eigenvalue weighted by molar-refractivity contribution is -0.137. The van der Waals surface area contributed by atoms with E-state index in [1.807, 2.05) is 28.7 Å². The van der Waals surface area contributed by atoms with Gasteiger partial charge in [0.2, 0.25) is 0 Å². The summed E-state index contributed by atoms with van der Waals surface area (Å²) in [6.07, 6.45) is 0. The van der Waals surface area contributed by atoms with Crippen molar-refractivity contribution in [1.82, 2.24) is 0 Å². The van der Waals surface area contributed by atoms with Crippen molar-refractivity contribution in [2.45, 2.75) is 14.7 Å². The minimum absolute atomic E-state index is 0.136. The van der Waals surface area contributed by atoms with Crippen LogP contribution in [0.15, 0.2) is 87.5 Å². The molecule has 12 heteroatoms. The molecule has 0 aliphatic rings. The van der Waals surface area contributed by atoms with Gasteiger partial charge in [-0.1, -0.05) is 0 Å². The number of ether oxygens (including phenoxy) is 2. The highest BCUT2D eigenvalue weighted by Crippen LogP contribution is 2.33. The second kappa shape index (κ2) is 13.2. The first kappa shape index (κ1) is 30.0. The Morgan fingerprint density at radius 1 is 0.692 bits per heavy atom. The molecule has 0 aliphatic carbocycles. The Morgan fingerprint density at radius 2 is 1.23 bits per heavy atom. The Labute approximate surface area is 264 Å². The average molecular weight is 891 g/mol. The van der Waals surface area contributed by atoms with Gasteiger partial charge in [-0.15, -0.1) is 0 Å². The summed E-state index contributed by atoms with van der Waals surface area (Å²) >= 11 is 6.21. The highest BCUT2D eigenvalue weighted by atomic mass is 127. The van der Waals surface area contributed by atoms with Gasteiger partial charge in [-0.3, -0.25) is 0 Å². The van der Waals surface area contributed by atoms with Gasteiger partial charge in [0.25, 0.3) is 0 Å². The number of esters is 2. The van der Waals surface area contributed by atoms with Crippen molar-refractivity contribution in [1.29, 1.82) is 0 Å². The fourth-order valence-electron chi connectivity index (χ4n) is 3.33. The van der Waals surface area contributed by atoms with Crippen LogP contribution >= 0.6 is 67.8 Å². The van der Waals surface area contributed by atoms with Crippen molar-refractivity contribution in [3.8, 4) is 5.75 Å². The summed E-state index contributed by atoms with van der Waals surface area (Å²) in [4.78, 5) is 26.0. The quantitative estimate of drug-likeness (QED) is 0.0473. The van der Waals surface area contributed by atoms with Gasteiger partial charge in [0.1, 0.15) is 5.75 Å². The van der Waals surface area contributed by atoms with Gasteiger partial charge in [-0.2, -0.15) is 0 Å². The third kappa shape index (κ3) is 7.43. The lowest BCUT2D eigenvalue weighted by Gasteiger charge is -2.10. The van der Waals surface area contributed by atoms with Crippen LogP contribution in [0, 0.1) is 34.0 Å². The Kier molecular flexibility index (Phi) is 10.1. The van der Waals surface area contributed by atoms with Gasteiger partial charge in [0, 0.05) is 22.8 Å². The summed E-state index contributed by atoms with van der Waals surface area (Å²) in [6.45, 7) is -0.618. The molecule has 0 amide bonds. The fraction of sp³-hybridized carbons (Fsp3) is 0.0370. The van der Waals surface area contributed by atoms with Crippen LogP contribution in [0.5, 0.6) is 5.75 Å². The van der Waals surface area contributed by atoms with E-state index in [1.54, 1.807) is 18.2 Å². The van der Waals surface area contributed by atoms with Crippen molar-refractivity contribution in [2.24, 2.45) is 0 Å². The lowest BCUT2D eigenvalue weighted by Crippen LogP contribution is -2.19. The predicted molar refractivity (Wildman–Crippen MR) is 162 cm³/mol. The Bertz CT molecular complexity index is 1520. The summed E-state index contributed by atoms with van der Waals surface area (Å²) in [5.41, 5.74) is 0.338. The van der Waals surface area contributed by atoms with E-state index in [9.17, 15) is 27.2 Å². The first-order valence-corrected chi connectivity index (χ1v) is 15.3. The zero-order chi connectivity index (χ0) is 28.3. The molecular weight excluding hydrogens is 877 g/mol. The van der Waals surface area contributed by atoms with E-state index in [4.69, 9.17) is 9.47 Å². The summed E-state index contributed by atoms with van der Waals surface area (Å²) in [5.74, 6) is -5.58. The molecule has 0 heterocycles. The normalized spacial score (nSPS) is 11.0. The third-order valence-corrected chi connectivity index (χ3v) is 10.9. The molecule has 0 aliphatic heterocycles. The average Bonchev–Trinajstić information content (AvgIpc) is 2.90. The monoisotopic (exact) mass is 891 g/mol. The van der Waals surface area contributed by atoms with E-state index in [2.05, 4.69) is 45.2 Å². The molecule has 4 aromatic carbocycles. The molecule has 0 saturated carbocycles. The molecule has 0 bridgehead atoms. The molecule has 0 radical (unpaired) electrons. The van der Waals surface area contributed by atoms with Crippen molar-refractivity contribution in [2.75, 3.05) is 6.61 Å². The molecular formula is C27H14F4I3O4S+. The molecule has 4 rings (SSSR count). The van der Waals surface area contributed by atoms with E-state index in [1.165, 1.54) is 24.3 Å². The molecule has 4 aromatic rings. The van der Waals surface area contributed by atoms with Crippen molar-refractivity contribution < 1.29 is 36.6 Å². The van der Waals surface area contributed by atoms with Crippen LogP contribution in [0.1, 0.15) is 10.4 Å². The topological polar surface area (TPSA) is 52.6 Å². The summed E-state index contributed by atoms with van der Waals surface area (Å²) in [5, 5.41) is 0. The highest BCUT2D eigenvalue weighted by Gasteiger charge is 2.31. The number of carbonyl (C=O) groups excluding carboxylic acids is 2. The van der Waals surface area contributed by atoms with Gasteiger partial charge in [0.05, 0.1) is 16.5 Å². The van der Waals surface area contributed by atoms with Gasteiger partial charge < -0.3 is 9.47 Å². The van der Waals surface area contributed by atoms with Crippen LogP contribution in [0.3, 0.4) is 0 Å². The second-order valence-electron chi connectivity index (χ2n) is 7.73. The number of benzene rings is 4. The molecule has 4 nitrogen and oxygen atoms in total. The van der Waals surface area contributed by atoms with Gasteiger partial charge in [-0.05, 0) is 128 Å². The zero-order valence-corrected chi connectivity index (χ0v) is 26.6. The standard InChI is InChI=1S/C27H14F4I3O4S/c28-20-7-5-17(11-22(20)30)39(18-6-8-21(29)23(31)12-18)16-3-1-15(2-4-16)38-25(35)13-37-27(36)19-9-14(32)10-24(33)26(19)34/h1-12H,13H2/q+1. The molecule has 0 atom stereocenters. The van der Waals surface area contributed by atoms with Gasteiger partial charge >= 0.3 is 11.9 Å². The molecule has 0 N–H and O–H groups in total. The molecule has 200 valence electrons. The Morgan fingerprint density at radius 3 is 1.77 bits per heavy atom. The van der Waals surface area contributed by atoms with E-state index in [0.29, 0.717) is 23.8 Å². The zero-order valence-electron chi connectivity index (χ0n) is 19.3. The fourth-order valence-corrected chi connectivity index (χ4v) is 7.78. The number of halogens is 7. The smallest absolute Gasteiger partial charge is 0.349 e. The van der Waals surface area contributed by atoms with E-state index in [-0.39, 0.29) is 5.75 Å². The van der Waals surface area contributed by atoms with Crippen LogP contribution in [0.25, 0.3) is 0 Å². The largest absolute Gasteiger partial charge is 0.450 e. The maximum Gasteiger partial charge on any atom is 0.349 e. The van der Waals surface area contributed by atoms with Crippen LogP contribution in [0.2, 0.25) is 0 Å². The number of carbonyl (C=O) groups is 2. The summed E-state index contributed by atoms with van der Waals surface area (Å²) < 4.78 is 68.0. The van der Waals surface area contributed by atoms with Crippen LogP contribution in [0.4, 0.5) is 17.6 Å². The minimum atomic E-state index is -1.13. The third-order valence-electron chi connectivity index (χ3n) is 5.08. The summed E-state index contributed by atoms with van der Waals surface area (Å²) in [6, 6.07) is 16.3. The SMILES string of the molecule is O=C(COC(=O)c1cc(I)cc(I)c1I)Oc1ccc([S+](c2ccc(F)c(F)c2)c2ccc(F)c(F)c2)cc1. The predicted octanol–water partition coefficient (Wildman–Crippen LogP) is 7.91. The first-order chi connectivity index (χ1) is 18.5. The lowest BCUT2D eigenvalue weighted by atomic mass is 10.2. The molecule has 0 fully saturated rings. The molecule has 0 saturated heterocycles. The van der Waals surface area contributed by atoms with Crippen LogP contribution in [-0.4, -0.2) is 18.5 Å². The van der Waals surface area contributed by atoms with Gasteiger partial charge in [0.15, 0.2) is 44.6 Å². The number of rotatable bonds is 7. The minimum Gasteiger partial charge on any atom is -0.450 e. The van der Waals surface area contributed by atoms with Crippen molar-refractivity contribution in [3.63, 3.8) is 0 Å². The Hall–Kier alpha value is -1.92. The highest BCUT2D eigenvalue weighted by molar-refractivity contribution is 14.1. The van der Waals surface area contributed by atoms with Crippen LogP contribution in [-0.2, 0) is 20.4 Å². The van der Waals surface area contributed by atoms with E-state index in [0.717, 1.165) is 31.4 Å². The second-order valence-corrected chi connectivity index (χ2v) is 13.2.